The highest BCUT2D eigenvalue weighted by Crippen LogP contribution is 0.802. The van der Waals surface area contributed by atoms with Gasteiger partial charge in [0.25, 0.3) is 0 Å². The van der Waals surface area contributed by atoms with Gasteiger partial charge in [-0.3, -0.25) is 0 Å². The maximum Gasteiger partial charge on any atom is 1.00 e. The van der Waals surface area contributed by atoms with Gasteiger partial charge in [-0.05, 0) is 0 Å². The van der Waals surface area contributed by atoms with Crippen molar-refractivity contribution in [2.75, 3.05) is 6.79 Å². The smallest absolute Gasteiger partial charge is 0.868 e. The molecule has 4 nitrogen and oxygen atoms in total. The van der Waals surface area contributed by atoms with Gasteiger partial charge in [-0.15, -0.1) is 0 Å². The van der Waals surface area contributed by atoms with Gasteiger partial charge in [0.15, 0.2) is 0 Å². The Bertz CT molecular complexity index is 12.9. The summed E-state index contributed by atoms with van der Waals surface area (Å²) < 4.78 is 0. The lowest BCUT2D eigenvalue weighted by atomic mass is 11.6. The third-order valence-electron chi connectivity index (χ3n) is 0. The molecule has 34 valence electrons. The van der Waals surface area contributed by atoms with Crippen molar-refractivity contribution in [3.63, 3.8) is 0 Å². The Morgan fingerprint density at radius 3 is 1.40 bits per heavy atom. The van der Waals surface area contributed by atoms with Crippen molar-refractivity contribution in [1.82, 2.24) is 0 Å². The summed E-state index contributed by atoms with van der Waals surface area (Å²) in [4.78, 5) is 0. The molecule has 0 rings (SSSR count). The number of quaternary nitrogens is 1. The van der Waals surface area contributed by atoms with Gasteiger partial charge >= 0.3 is 2.85 Å². The van der Waals surface area contributed by atoms with Gasteiger partial charge in [-0.1, -0.05) is 0 Å². The van der Waals surface area contributed by atoms with Crippen LogP contribution in [-0.4, -0.2) is 6.79 Å². The molecule has 0 fully saturated rings. The Morgan fingerprint density at radius 2 is 1.40 bits per heavy atom. The molecule has 0 atom stereocenters. The van der Waals surface area contributed by atoms with Crippen molar-refractivity contribution >= 4 is 0 Å². The fraction of sp³-hybridized carbons (Fsp3) is 1.00. The first kappa shape index (κ1) is 8.85. The Balaban J connectivity index is -0.0000000105. The molecule has 0 bridgehead atoms. The summed E-state index contributed by atoms with van der Waals surface area (Å²) in [6, 6.07) is 0. The monoisotopic (exact) mass is 81.0 g/mol. The normalized spacial score (nSPS) is 4.80. The van der Waals surface area contributed by atoms with E-state index in [1.807, 2.05) is 5.90 Å². The second-order valence-corrected chi connectivity index (χ2v) is 0.118. The number of rotatable bonds is 0. The summed E-state index contributed by atoms with van der Waals surface area (Å²) in [6.45, 7) is -1.25. The van der Waals surface area contributed by atoms with Crippen LogP contribution in [0.5, 0.6) is 0 Å². The molecular weight excluding hydrogens is 74.0 g/mol. The average molecular weight is 81.1 g/mol. The maximum absolute atomic E-state index is 8.38. The molecule has 0 aromatic heterocycles. The van der Waals surface area contributed by atoms with Gasteiger partial charge in [0.2, 0.25) is 0 Å². The van der Waals surface area contributed by atoms with Crippen molar-refractivity contribution in [3.8, 4) is 0 Å². The van der Waals surface area contributed by atoms with E-state index in [1.165, 1.54) is 0 Å². The first-order chi connectivity index (χ1) is 2.41. The predicted octanol–water partition coefficient (Wildman–Crippen LogP) is -3.38. The highest BCUT2D eigenvalue weighted by atomic mass is 16.5. The van der Waals surface area contributed by atoms with Crippen LogP contribution in [0.4, 0.5) is 0 Å². The van der Waals surface area contributed by atoms with E-state index in [-0.39, 0.29) is 2.85 Å². The van der Waals surface area contributed by atoms with Crippen LogP contribution in [0.3, 0.4) is 0 Å². The summed E-state index contributed by atoms with van der Waals surface area (Å²) in [5.74, 6) is 2.00. The zero-order chi connectivity index (χ0) is 4.71. The number of hydrogen-bond donors (Lipinski definition) is 1. The molecule has 0 unspecified atom stereocenters. The third-order valence-corrected chi connectivity index (χ3v) is 0. The van der Waals surface area contributed by atoms with Gasteiger partial charge in [0.1, 0.15) is 0 Å². The summed E-state index contributed by atoms with van der Waals surface area (Å²) >= 11 is 0. The van der Waals surface area contributed by atoms with E-state index in [0.29, 0.717) is 0 Å². The van der Waals surface area contributed by atoms with Crippen LogP contribution in [0.1, 0.15) is 2.85 Å². The molecule has 0 amide bonds. The molecule has 3 N–H and O–H groups in total. The molecular formula is CH7NO3. The van der Waals surface area contributed by atoms with Crippen LogP contribution < -0.4 is 16.1 Å². The quantitative estimate of drug-likeness (QED) is 0.243. The second-order valence-electron chi connectivity index (χ2n) is 0.118. The van der Waals surface area contributed by atoms with Crippen molar-refractivity contribution in [1.29, 1.82) is 0 Å². The maximum atomic E-state index is 8.38. The van der Waals surface area contributed by atoms with Crippen LogP contribution in [0.2, 0.25) is 0 Å². The predicted molar refractivity (Wildman–Crippen MR) is 13.3 cm³/mol. The molecule has 0 aliphatic rings. The van der Waals surface area contributed by atoms with E-state index >= 15 is 0 Å². The zero-order valence-electron chi connectivity index (χ0n) is 4.64. The van der Waals surface area contributed by atoms with E-state index in [9.17, 15) is 0 Å². The van der Waals surface area contributed by atoms with Crippen LogP contribution in [-0.2, 0) is 0 Å². The fourth-order valence-corrected chi connectivity index (χ4v) is 0. The van der Waals surface area contributed by atoms with Crippen LogP contribution >= 0.6 is 0 Å². The van der Waals surface area contributed by atoms with Gasteiger partial charge in [-0.2, -0.15) is 0 Å². The SMILES string of the molecule is [H+].[H+].[NH3+][O-].[O-]C[O-]. The van der Waals surface area contributed by atoms with E-state index in [1.54, 1.807) is 0 Å². The standard InChI is InChI=1S/CH2O2.H3NO/c2-1-3;1-2/h1H2;1H3/q-2;/p+2. The van der Waals surface area contributed by atoms with Gasteiger partial charge in [0, 0.05) is 0 Å². The number of hydrogen-bond acceptors (Lipinski definition) is 3. The van der Waals surface area contributed by atoms with Crippen LogP contribution in [0.15, 0.2) is 0 Å². The summed E-state index contributed by atoms with van der Waals surface area (Å²) in [5.41, 5.74) is 0. The molecule has 0 aromatic rings. The van der Waals surface area contributed by atoms with E-state index in [4.69, 9.17) is 15.4 Å². The van der Waals surface area contributed by atoms with E-state index in [2.05, 4.69) is 0 Å². The fourth-order valence-electron chi connectivity index (χ4n) is 0. The highest BCUT2D eigenvalue weighted by Gasteiger charge is 0.896. The van der Waals surface area contributed by atoms with Crippen molar-refractivity contribution < 1.29 is 19.0 Å². The van der Waals surface area contributed by atoms with Crippen LogP contribution in [0.25, 0.3) is 0 Å². The third kappa shape index (κ3) is 508. The molecule has 0 aromatic carbocycles. The topological polar surface area (TPSA) is 96.8 Å². The molecule has 5 heavy (non-hydrogen) atoms. The highest BCUT2D eigenvalue weighted by molar-refractivity contribution is 3.64. The molecule has 0 aliphatic heterocycles. The molecule has 0 saturated heterocycles. The largest absolute Gasteiger partial charge is 1.00 e. The van der Waals surface area contributed by atoms with Crippen molar-refractivity contribution in [3.05, 3.63) is 5.21 Å². The molecule has 0 saturated carbocycles. The Labute approximate surface area is 32.4 Å². The first-order valence-corrected chi connectivity index (χ1v) is 0.866. The first-order valence-electron chi connectivity index (χ1n) is 0.866. The Kier molecular flexibility index (Phi) is 77.7. The second kappa shape index (κ2) is 43.9. The van der Waals surface area contributed by atoms with E-state index in [0.717, 1.165) is 0 Å². The zero-order valence-corrected chi connectivity index (χ0v) is 2.64. The van der Waals surface area contributed by atoms with Gasteiger partial charge < -0.3 is 21.3 Å². The Hall–Kier alpha value is -0.160. The lowest BCUT2D eigenvalue weighted by Gasteiger charge is -2.00. The minimum Gasteiger partial charge on any atom is -0.868 e. The average Bonchev–Trinajstić information content (AvgIpc) is 1.46. The minimum absolute atomic E-state index is 0. The lowest BCUT2D eigenvalue weighted by Crippen LogP contribution is -2.37. The van der Waals surface area contributed by atoms with Crippen molar-refractivity contribution in [2.24, 2.45) is 0 Å². The summed E-state index contributed by atoms with van der Waals surface area (Å²) in [7, 11) is 0. The Morgan fingerprint density at radius 1 is 1.40 bits per heavy atom. The molecule has 4 heteroatoms. The van der Waals surface area contributed by atoms with Gasteiger partial charge in [-0.25, -0.2) is 6.79 Å². The molecule has 0 radical (unpaired) electrons. The summed E-state index contributed by atoms with van der Waals surface area (Å²) in [5, 5.41) is 24.8. The van der Waals surface area contributed by atoms with E-state index < -0.39 is 6.79 Å². The molecule has 0 aliphatic carbocycles. The molecule has 0 spiro atoms. The lowest BCUT2D eigenvalue weighted by molar-refractivity contribution is -0.596. The summed E-state index contributed by atoms with van der Waals surface area (Å²) in [6.07, 6.45) is 0. The molecule has 0 heterocycles. The minimum atomic E-state index is -1.25. The van der Waals surface area contributed by atoms with Crippen LogP contribution in [0, 0.1) is 5.21 Å². The van der Waals surface area contributed by atoms with Crippen molar-refractivity contribution in [2.45, 2.75) is 0 Å². The van der Waals surface area contributed by atoms with Gasteiger partial charge in [0.05, 0.1) is 0 Å².